The molecule has 0 N–H and O–H groups in total. The van der Waals surface area contributed by atoms with Gasteiger partial charge in [0.05, 0.1) is 0 Å². The second-order valence-electron chi connectivity index (χ2n) is 8.56. The number of piperidine rings is 1. The average molecular weight is 385 g/mol. The van der Waals surface area contributed by atoms with Crippen molar-refractivity contribution in [1.82, 2.24) is 29.7 Å². The van der Waals surface area contributed by atoms with E-state index >= 15 is 0 Å². The number of anilines is 2. The Balaban J connectivity index is 1.60. The van der Waals surface area contributed by atoms with E-state index in [0.29, 0.717) is 5.92 Å². The number of nitrogens with zero attached hydrogens (tertiary/aromatic N) is 8. The van der Waals surface area contributed by atoms with Crippen molar-refractivity contribution in [3.8, 4) is 0 Å². The molecule has 1 saturated heterocycles. The molecule has 0 aliphatic carbocycles. The number of hydrogen-bond acceptors (Lipinski definition) is 7. The van der Waals surface area contributed by atoms with Crippen LogP contribution >= 0.6 is 0 Å². The molecule has 8 nitrogen and oxygen atoms in total. The normalized spacial score (nSPS) is 20.2. The third-order valence-electron chi connectivity index (χ3n) is 5.75. The molecule has 4 heterocycles. The van der Waals surface area contributed by atoms with Crippen LogP contribution in [0.25, 0.3) is 0 Å². The van der Waals surface area contributed by atoms with Gasteiger partial charge in [-0.1, -0.05) is 20.3 Å². The molecule has 4 rings (SSSR count). The van der Waals surface area contributed by atoms with E-state index < -0.39 is 0 Å². The summed E-state index contributed by atoms with van der Waals surface area (Å²) < 4.78 is 2.39. The molecule has 0 bridgehead atoms. The molecule has 1 atom stereocenters. The van der Waals surface area contributed by atoms with Gasteiger partial charge in [0.25, 0.3) is 0 Å². The number of fused-ring (bicyclic) bond motifs is 1. The highest BCUT2D eigenvalue weighted by atomic mass is 15.3. The molecular formula is C20H32N8. The zero-order valence-electron chi connectivity index (χ0n) is 17.6. The molecule has 0 amide bonds. The van der Waals surface area contributed by atoms with Gasteiger partial charge in [0.2, 0.25) is 11.9 Å². The highest BCUT2D eigenvalue weighted by Gasteiger charge is 2.29. The van der Waals surface area contributed by atoms with Crippen molar-refractivity contribution in [2.75, 3.05) is 37.0 Å². The van der Waals surface area contributed by atoms with Crippen LogP contribution in [0.2, 0.25) is 0 Å². The fourth-order valence-electron chi connectivity index (χ4n) is 4.15. The molecule has 2 aromatic rings. The van der Waals surface area contributed by atoms with Crippen LogP contribution in [0, 0.1) is 0 Å². The lowest BCUT2D eigenvalue weighted by Crippen LogP contribution is -2.37. The summed E-state index contributed by atoms with van der Waals surface area (Å²) in [7, 11) is 3.96. The van der Waals surface area contributed by atoms with Crippen LogP contribution in [0.15, 0.2) is 0 Å². The summed E-state index contributed by atoms with van der Waals surface area (Å²) in [6, 6.07) is 0. The largest absolute Gasteiger partial charge is 0.347 e. The second kappa shape index (κ2) is 8.01. The molecular weight excluding hydrogens is 352 g/mol. The highest BCUT2D eigenvalue weighted by molar-refractivity contribution is 5.39. The van der Waals surface area contributed by atoms with Crippen molar-refractivity contribution in [2.24, 2.45) is 0 Å². The fraction of sp³-hybridized carbons (Fsp3) is 0.750. The number of aryl methyl sites for hydroxylation is 1. The molecule has 2 aliphatic rings. The van der Waals surface area contributed by atoms with Gasteiger partial charge in [-0.25, -0.2) is 0 Å². The van der Waals surface area contributed by atoms with Gasteiger partial charge >= 0.3 is 0 Å². The summed E-state index contributed by atoms with van der Waals surface area (Å²) in [6.45, 7) is 7.19. The summed E-state index contributed by atoms with van der Waals surface area (Å²) in [5.74, 6) is 5.36. The Morgan fingerprint density at radius 2 is 1.82 bits per heavy atom. The Morgan fingerprint density at radius 1 is 0.964 bits per heavy atom. The van der Waals surface area contributed by atoms with E-state index in [4.69, 9.17) is 9.97 Å². The van der Waals surface area contributed by atoms with Crippen LogP contribution in [0.4, 0.5) is 11.9 Å². The van der Waals surface area contributed by atoms with E-state index in [2.05, 4.69) is 38.5 Å². The summed E-state index contributed by atoms with van der Waals surface area (Å²) >= 11 is 0. The standard InChI is InChI=1S/C20H32N8/c1-14(2)17-21-19(26(3)4)23-20(22-17)27-11-8-9-15(13-27)18-25-24-16-10-6-5-7-12-28(16)18/h14-15H,5-13H2,1-4H3. The first kappa shape index (κ1) is 19.1. The van der Waals surface area contributed by atoms with Crippen molar-refractivity contribution in [3.63, 3.8) is 0 Å². The van der Waals surface area contributed by atoms with Crippen LogP contribution in [-0.2, 0) is 13.0 Å². The summed E-state index contributed by atoms with van der Waals surface area (Å²) in [4.78, 5) is 18.4. The predicted molar refractivity (Wildman–Crippen MR) is 110 cm³/mol. The lowest BCUT2D eigenvalue weighted by atomic mass is 9.97. The van der Waals surface area contributed by atoms with Gasteiger partial charge < -0.3 is 14.4 Å². The molecule has 2 aliphatic heterocycles. The molecule has 1 fully saturated rings. The van der Waals surface area contributed by atoms with E-state index in [1.165, 1.54) is 25.1 Å². The van der Waals surface area contributed by atoms with Crippen LogP contribution in [0.1, 0.15) is 75.3 Å². The molecule has 2 aromatic heterocycles. The third-order valence-corrected chi connectivity index (χ3v) is 5.75. The van der Waals surface area contributed by atoms with E-state index in [1.807, 2.05) is 19.0 Å². The topological polar surface area (TPSA) is 75.9 Å². The molecule has 0 spiro atoms. The lowest BCUT2D eigenvalue weighted by Gasteiger charge is -2.33. The minimum Gasteiger partial charge on any atom is -0.347 e. The monoisotopic (exact) mass is 384 g/mol. The Hall–Kier alpha value is -2.25. The van der Waals surface area contributed by atoms with Crippen molar-refractivity contribution >= 4 is 11.9 Å². The van der Waals surface area contributed by atoms with Gasteiger partial charge in [0.15, 0.2) is 0 Å². The highest BCUT2D eigenvalue weighted by Crippen LogP contribution is 2.30. The maximum absolute atomic E-state index is 4.79. The van der Waals surface area contributed by atoms with Crippen LogP contribution in [0.5, 0.6) is 0 Å². The number of hydrogen-bond donors (Lipinski definition) is 0. The first-order chi connectivity index (χ1) is 13.5. The average Bonchev–Trinajstić information content (AvgIpc) is 2.96. The van der Waals surface area contributed by atoms with Gasteiger partial charge in [-0.3, -0.25) is 0 Å². The minimum atomic E-state index is 0.272. The van der Waals surface area contributed by atoms with E-state index in [1.54, 1.807) is 0 Å². The second-order valence-corrected chi connectivity index (χ2v) is 8.56. The van der Waals surface area contributed by atoms with Crippen LogP contribution < -0.4 is 9.80 Å². The Kier molecular flexibility index (Phi) is 5.46. The summed E-state index contributed by atoms with van der Waals surface area (Å²) in [5.41, 5.74) is 0. The van der Waals surface area contributed by atoms with Crippen molar-refractivity contribution in [3.05, 3.63) is 17.5 Å². The smallest absolute Gasteiger partial charge is 0.230 e. The minimum absolute atomic E-state index is 0.272. The van der Waals surface area contributed by atoms with Gasteiger partial charge in [0, 0.05) is 52.0 Å². The molecule has 28 heavy (non-hydrogen) atoms. The SMILES string of the molecule is CC(C)c1nc(N(C)C)nc(N2CCCC(c3nnc4n3CCCCC4)C2)n1. The molecule has 0 saturated carbocycles. The van der Waals surface area contributed by atoms with Gasteiger partial charge in [-0.15, -0.1) is 10.2 Å². The van der Waals surface area contributed by atoms with E-state index in [0.717, 1.165) is 62.4 Å². The first-order valence-electron chi connectivity index (χ1n) is 10.6. The van der Waals surface area contributed by atoms with Crippen LogP contribution in [-0.4, -0.2) is 56.9 Å². The number of rotatable bonds is 4. The molecule has 8 heteroatoms. The Morgan fingerprint density at radius 3 is 2.61 bits per heavy atom. The van der Waals surface area contributed by atoms with E-state index in [-0.39, 0.29) is 5.92 Å². The van der Waals surface area contributed by atoms with E-state index in [9.17, 15) is 0 Å². The molecule has 0 aromatic carbocycles. The Labute approximate surface area is 167 Å². The quantitative estimate of drug-likeness (QED) is 0.802. The van der Waals surface area contributed by atoms with Crippen molar-refractivity contribution < 1.29 is 0 Å². The molecule has 152 valence electrons. The lowest BCUT2D eigenvalue weighted by molar-refractivity contribution is 0.460. The Bertz CT molecular complexity index is 786. The van der Waals surface area contributed by atoms with Crippen molar-refractivity contribution in [2.45, 2.75) is 70.8 Å². The predicted octanol–water partition coefficient (Wildman–Crippen LogP) is 2.76. The maximum atomic E-state index is 4.79. The zero-order chi connectivity index (χ0) is 19.7. The molecule has 0 radical (unpaired) electrons. The maximum Gasteiger partial charge on any atom is 0.230 e. The molecule has 1 unspecified atom stereocenters. The van der Waals surface area contributed by atoms with Crippen LogP contribution in [0.3, 0.4) is 0 Å². The summed E-state index contributed by atoms with van der Waals surface area (Å²) in [5, 5.41) is 9.12. The van der Waals surface area contributed by atoms with Gasteiger partial charge in [-0.05, 0) is 25.7 Å². The fourth-order valence-corrected chi connectivity index (χ4v) is 4.15. The van der Waals surface area contributed by atoms with Crippen molar-refractivity contribution in [1.29, 1.82) is 0 Å². The van der Waals surface area contributed by atoms with Gasteiger partial charge in [-0.2, -0.15) is 15.0 Å². The first-order valence-corrected chi connectivity index (χ1v) is 10.6. The zero-order valence-corrected chi connectivity index (χ0v) is 17.6. The van der Waals surface area contributed by atoms with Gasteiger partial charge in [0.1, 0.15) is 17.5 Å². The third kappa shape index (κ3) is 3.82. The number of aromatic nitrogens is 6. The summed E-state index contributed by atoms with van der Waals surface area (Å²) in [6.07, 6.45) is 7.07.